The normalized spacial score (nSPS) is 31.9. The van der Waals surface area contributed by atoms with Crippen LogP contribution in [0.1, 0.15) is 27.2 Å². The van der Waals surface area contributed by atoms with E-state index in [4.69, 9.17) is 0 Å². The summed E-state index contributed by atoms with van der Waals surface area (Å²) >= 11 is 0. The third kappa shape index (κ3) is 1.50. The Balaban J connectivity index is 2.88. The summed E-state index contributed by atoms with van der Waals surface area (Å²) in [6.45, 7) is 5.60. The molecule has 76 valence electrons. The Morgan fingerprint density at radius 1 is 1.62 bits per heavy atom. The number of aliphatic hydroxyl groups is 1. The van der Waals surface area contributed by atoms with Crippen LogP contribution in [0.15, 0.2) is 0 Å². The van der Waals surface area contributed by atoms with Crippen LogP contribution in [0.2, 0.25) is 0 Å². The number of hydrogen-bond acceptors (Lipinski definition) is 3. The van der Waals surface area contributed by atoms with Crippen LogP contribution in [0.4, 0.5) is 4.79 Å². The van der Waals surface area contributed by atoms with E-state index in [1.165, 1.54) is 7.11 Å². The lowest BCUT2D eigenvalue weighted by atomic mass is 9.99. The number of rotatable bonds is 0. The van der Waals surface area contributed by atoms with E-state index in [9.17, 15) is 9.90 Å². The van der Waals surface area contributed by atoms with Gasteiger partial charge in [0, 0.05) is 6.04 Å². The van der Waals surface area contributed by atoms with Crippen LogP contribution in [-0.2, 0) is 4.74 Å². The number of aliphatic hydroxyl groups excluding tert-OH is 1. The molecule has 0 spiro atoms. The Bertz CT molecular complexity index is 215. The zero-order valence-corrected chi connectivity index (χ0v) is 8.57. The van der Waals surface area contributed by atoms with Crippen LogP contribution in [0.3, 0.4) is 0 Å². The third-order valence-corrected chi connectivity index (χ3v) is 2.81. The van der Waals surface area contributed by atoms with Gasteiger partial charge in [-0.05, 0) is 27.2 Å². The standard InChI is InChI=1S/C9H17NO3/c1-6-5-7(11)9(2,3)10(6)8(12)13-4/h6-7,11H,5H2,1-4H3. The highest BCUT2D eigenvalue weighted by Gasteiger charge is 2.47. The summed E-state index contributed by atoms with van der Waals surface area (Å²) in [7, 11) is 1.36. The lowest BCUT2D eigenvalue weighted by Gasteiger charge is -2.34. The first-order valence-corrected chi connectivity index (χ1v) is 4.46. The molecule has 1 heterocycles. The molecular formula is C9H17NO3. The van der Waals surface area contributed by atoms with Gasteiger partial charge in [-0.3, -0.25) is 4.90 Å². The van der Waals surface area contributed by atoms with Gasteiger partial charge in [-0.15, -0.1) is 0 Å². The fourth-order valence-electron chi connectivity index (χ4n) is 1.96. The molecule has 0 aromatic carbocycles. The molecule has 0 aromatic heterocycles. The van der Waals surface area contributed by atoms with Crippen molar-refractivity contribution in [1.82, 2.24) is 4.90 Å². The van der Waals surface area contributed by atoms with Gasteiger partial charge in [0.05, 0.1) is 18.8 Å². The maximum Gasteiger partial charge on any atom is 0.410 e. The molecule has 13 heavy (non-hydrogen) atoms. The molecule has 4 nitrogen and oxygen atoms in total. The molecule has 2 atom stereocenters. The van der Waals surface area contributed by atoms with E-state index >= 15 is 0 Å². The van der Waals surface area contributed by atoms with Crippen LogP contribution >= 0.6 is 0 Å². The molecule has 0 bridgehead atoms. The molecule has 1 amide bonds. The topological polar surface area (TPSA) is 49.8 Å². The van der Waals surface area contributed by atoms with Gasteiger partial charge >= 0.3 is 6.09 Å². The molecule has 1 N–H and O–H groups in total. The summed E-state index contributed by atoms with van der Waals surface area (Å²) in [6, 6.07) is 0.0393. The van der Waals surface area contributed by atoms with E-state index in [0.29, 0.717) is 6.42 Å². The summed E-state index contributed by atoms with van der Waals surface area (Å²) in [4.78, 5) is 13.0. The number of carbonyl (C=O) groups excluding carboxylic acids is 1. The average Bonchev–Trinajstić information content (AvgIpc) is 2.21. The van der Waals surface area contributed by atoms with Crippen LogP contribution in [0, 0.1) is 0 Å². The molecule has 2 unspecified atom stereocenters. The minimum absolute atomic E-state index is 0.0393. The number of ether oxygens (including phenoxy) is 1. The van der Waals surface area contributed by atoms with Gasteiger partial charge in [0.15, 0.2) is 0 Å². The minimum Gasteiger partial charge on any atom is -0.453 e. The fraction of sp³-hybridized carbons (Fsp3) is 0.889. The van der Waals surface area contributed by atoms with Crippen molar-refractivity contribution >= 4 is 6.09 Å². The Morgan fingerprint density at radius 3 is 2.46 bits per heavy atom. The van der Waals surface area contributed by atoms with Gasteiger partial charge in [0.25, 0.3) is 0 Å². The molecule has 4 heteroatoms. The van der Waals surface area contributed by atoms with Crippen LogP contribution in [0.5, 0.6) is 0 Å². The monoisotopic (exact) mass is 187 g/mol. The fourth-order valence-corrected chi connectivity index (χ4v) is 1.96. The van der Waals surface area contributed by atoms with Gasteiger partial charge in [-0.25, -0.2) is 4.79 Å². The van der Waals surface area contributed by atoms with Crippen molar-refractivity contribution in [2.75, 3.05) is 7.11 Å². The second-order valence-corrected chi connectivity index (χ2v) is 4.09. The summed E-state index contributed by atoms with van der Waals surface area (Å²) in [5, 5.41) is 9.69. The first-order valence-electron chi connectivity index (χ1n) is 4.46. The summed E-state index contributed by atoms with van der Waals surface area (Å²) in [5.74, 6) is 0. The number of methoxy groups -OCH3 is 1. The number of amides is 1. The van der Waals surface area contributed by atoms with Crippen molar-refractivity contribution in [3.63, 3.8) is 0 Å². The molecule has 0 saturated carbocycles. The summed E-state index contributed by atoms with van der Waals surface area (Å²) in [5.41, 5.74) is -0.521. The highest BCUT2D eigenvalue weighted by molar-refractivity contribution is 5.69. The smallest absolute Gasteiger partial charge is 0.410 e. The molecular weight excluding hydrogens is 170 g/mol. The predicted molar refractivity (Wildman–Crippen MR) is 48.4 cm³/mol. The molecule has 1 aliphatic rings. The zero-order chi connectivity index (χ0) is 10.2. The van der Waals surface area contributed by atoms with E-state index in [2.05, 4.69) is 4.74 Å². The first-order chi connectivity index (χ1) is 5.91. The summed E-state index contributed by atoms with van der Waals surface area (Å²) < 4.78 is 4.66. The molecule has 0 aromatic rings. The molecule has 0 aliphatic carbocycles. The van der Waals surface area contributed by atoms with Crippen molar-refractivity contribution in [3.05, 3.63) is 0 Å². The third-order valence-electron chi connectivity index (χ3n) is 2.81. The number of hydrogen-bond donors (Lipinski definition) is 1. The maximum absolute atomic E-state index is 11.4. The quantitative estimate of drug-likeness (QED) is 0.615. The van der Waals surface area contributed by atoms with Crippen molar-refractivity contribution in [1.29, 1.82) is 0 Å². The SMILES string of the molecule is COC(=O)N1C(C)CC(O)C1(C)C. The van der Waals surface area contributed by atoms with E-state index < -0.39 is 11.6 Å². The minimum atomic E-state index is -0.521. The molecule has 1 fully saturated rings. The van der Waals surface area contributed by atoms with E-state index in [1.54, 1.807) is 4.90 Å². The van der Waals surface area contributed by atoms with Gasteiger partial charge < -0.3 is 9.84 Å². The van der Waals surface area contributed by atoms with E-state index in [-0.39, 0.29) is 12.1 Å². The maximum atomic E-state index is 11.4. The van der Waals surface area contributed by atoms with Crippen molar-refractivity contribution in [3.8, 4) is 0 Å². The highest BCUT2D eigenvalue weighted by atomic mass is 16.5. The van der Waals surface area contributed by atoms with Gasteiger partial charge in [-0.1, -0.05) is 0 Å². The molecule has 1 rings (SSSR count). The number of nitrogens with zero attached hydrogens (tertiary/aromatic N) is 1. The zero-order valence-electron chi connectivity index (χ0n) is 8.57. The lowest BCUT2D eigenvalue weighted by Crippen LogP contribution is -2.50. The second kappa shape index (κ2) is 3.18. The number of likely N-dealkylation sites (tertiary alicyclic amines) is 1. The van der Waals surface area contributed by atoms with Crippen molar-refractivity contribution < 1.29 is 14.6 Å². The van der Waals surface area contributed by atoms with Crippen LogP contribution in [0.25, 0.3) is 0 Å². The second-order valence-electron chi connectivity index (χ2n) is 4.09. The van der Waals surface area contributed by atoms with E-state index in [1.807, 2.05) is 20.8 Å². The molecule has 1 saturated heterocycles. The Morgan fingerprint density at radius 2 is 2.15 bits per heavy atom. The van der Waals surface area contributed by atoms with Gasteiger partial charge in [0.1, 0.15) is 0 Å². The lowest BCUT2D eigenvalue weighted by molar-refractivity contribution is 0.0396. The first kappa shape index (κ1) is 10.3. The largest absolute Gasteiger partial charge is 0.453 e. The molecule has 0 radical (unpaired) electrons. The average molecular weight is 187 g/mol. The number of carbonyl (C=O) groups is 1. The van der Waals surface area contributed by atoms with Gasteiger partial charge in [-0.2, -0.15) is 0 Å². The highest BCUT2D eigenvalue weighted by Crippen LogP contribution is 2.33. The van der Waals surface area contributed by atoms with Gasteiger partial charge in [0.2, 0.25) is 0 Å². The van der Waals surface area contributed by atoms with Crippen molar-refractivity contribution in [2.24, 2.45) is 0 Å². The van der Waals surface area contributed by atoms with Crippen LogP contribution in [-0.4, -0.2) is 40.9 Å². The van der Waals surface area contributed by atoms with Crippen LogP contribution < -0.4 is 0 Å². The Labute approximate surface area is 78.5 Å². The summed E-state index contributed by atoms with van der Waals surface area (Å²) in [6.07, 6.45) is -0.224. The molecule has 1 aliphatic heterocycles. The Hall–Kier alpha value is -0.770. The predicted octanol–water partition coefficient (Wildman–Crippen LogP) is 0.986. The van der Waals surface area contributed by atoms with E-state index in [0.717, 1.165) is 0 Å². The Kier molecular flexibility index (Phi) is 2.52. The van der Waals surface area contributed by atoms with Crippen molar-refractivity contribution in [2.45, 2.75) is 44.9 Å².